The van der Waals surface area contributed by atoms with Crippen LogP contribution in [-0.2, 0) is 4.79 Å². The largest absolute Gasteiger partial charge is 0.391 e. The van der Waals surface area contributed by atoms with Gasteiger partial charge >= 0.3 is 0 Å². The molecule has 1 fully saturated rings. The molecule has 0 bridgehead atoms. The molecule has 1 aromatic rings. The molecule has 2 rings (SSSR count). The quantitative estimate of drug-likeness (QED) is 0.737. The summed E-state index contributed by atoms with van der Waals surface area (Å²) in [5.41, 5.74) is 0. The summed E-state index contributed by atoms with van der Waals surface area (Å²) in [6.45, 7) is 0.273. The van der Waals surface area contributed by atoms with E-state index in [1.807, 2.05) is 0 Å². The fourth-order valence-electron chi connectivity index (χ4n) is 1.34. The SMILES string of the molecule is O=C1CC(O)CN1c1nccc(Br)n1. The van der Waals surface area contributed by atoms with Gasteiger partial charge in [0.2, 0.25) is 11.9 Å². The van der Waals surface area contributed by atoms with E-state index in [9.17, 15) is 9.90 Å². The average Bonchev–Trinajstić information content (AvgIpc) is 2.45. The molecule has 1 aliphatic rings. The highest BCUT2D eigenvalue weighted by Gasteiger charge is 2.30. The zero-order valence-corrected chi connectivity index (χ0v) is 8.81. The van der Waals surface area contributed by atoms with E-state index in [1.54, 1.807) is 12.3 Å². The zero-order chi connectivity index (χ0) is 10.1. The number of aromatic nitrogens is 2. The number of amides is 1. The van der Waals surface area contributed by atoms with Gasteiger partial charge in [0, 0.05) is 6.20 Å². The van der Waals surface area contributed by atoms with Gasteiger partial charge in [-0.2, -0.15) is 0 Å². The van der Waals surface area contributed by atoms with Crippen LogP contribution in [0.25, 0.3) is 0 Å². The van der Waals surface area contributed by atoms with Crippen LogP contribution in [0.3, 0.4) is 0 Å². The van der Waals surface area contributed by atoms with E-state index in [-0.39, 0.29) is 18.9 Å². The number of halogens is 1. The molecule has 74 valence electrons. The van der Waals surface area contributed by atoms with Crippen LogP contribution in [0, 0.1) is 0 Å². The highest BCUT2D eigenvalue weighted by Crippen LogP contribution is 2.18. The Morgan fingerprint density at radius 3 is 3.00 bits per heavy atom. The summed E-state index contributed by atoms with van der Waals surface area (Å²) in [4.78, 5) is 20.8. The van der Waals surface area contributed by atoms with Crippen molar-refractivity contribution in [1.29, 1.82) is 0 Å². The first-order chi connectivity index (χ1) is 6.66. The second-order valence-electron chi connectivity index (χ2n) is 3.04. The summed E-state index contributed by atoms with van der Waals surface area (Å²) in [7, 11) is 0. The predicted octanol–water partition coefficient (Wildman–Crippen LogP) is 0.337. The Hall–Kier alpha value is -1.01. The molecule has 0 radical (unpaired) electrons. The van der Waals surface area contributed by atoms with Gasteiger partial charge in [-0.1, -0.05) is 0 Å². The maximum Gasteiger partial charge on any atom is 0.233 e. The highest BCUT2D eigenvalue weighted by molar-refractivity contribution is 9.10. The fourth-order valence-corrected chi connectivity index (χ4v) is 1.62. The van der Waals surface area contributed by atoms with Gasteiger partial charge in [-0.25, -0.2) is 9.97 Å². The summed E-state index contributed by atoms with van der Waals surface area (Å²) >= 11 is 3.19. The van der Waals surface area contributed by atoms with Crippen molar-refractivity contribution in [3.05, 3.63) is 16.9 Å². The fraction of sp³-hybridized carbons (Fsp3) is 0.375. The number of rotatable bonds is 1. The minimum Gasteiger partial charge on any atom is -0.391 e. The molecule has 2 heterocycles. The monoisotopic (exact) mass is 257 g/mol. The molecule has 0 aliphatic carbocycles. The highest BCUT2D eigenvalue weighted by atomic mass is 79.9. The number of anilines is 1. The summed E-state index contributed by atoms with van der Waals surface area (Å²) in [5, 5.41) is 9.27. The smallest absolute Gasteiger partial charge is 0.233 e. The van der Waals surface area contributed by atoms with E-state index in [1.165, 1.54) is 4.90 Å². The molecule has 1 N–H and O–H groups in total. The topological polar surface area (TPSA) is 66.3 Å². The van der Waals surface area contributed by atoms with Gasteiger partial charge in [-0.05, 0) is 22.0 Å². The van der Waals surface area contributed by atoms with Gasteiger partial charge in [0.25, 0.3) is 0 Å². The number of carbonyl (C=O) groups excluding carboxylic acids is 1. The number of hydrogen-bond donors (Lipinski definition) is 1. The first-order valence-electron chi connectivity index (χ1n) is 4.14. The zero-order valence-electron chi connectivity index (χ0n) is 7.22. The molecule has 5 nitrogen and oxygen atoms in total. The molecule has 6 heteroatoms. The van der Waals surface area contributed by atoms with E-state index >= 15 is 0 Å². The molecule has 1 amide bonds. The Morgan fingerprint density at radius 2 is 2.43 bits per heavy atom. The minimum atomic E-state index is -0.606. The van der Waals surface area contributed by atoms with Crippen LogP contribution in [0.4, 0.5) is 5.95 Å². The maximum absolute atomic E-state index is 11.4. The molecule has 1 saturated heterocycles. The second-order valence-corrected chi connectivity index (χ2v) is 3.85. The Bertz CT molecular complexity index is 371. The van der Waals surface area contributed by atoms with Crippen molar-refractivity contribution in [2.24, 2.45) is 0 Å². The Kier molecular flexibility index (Phi) is 2.47. The summed E-state index contributed by atoms with van der Waals surface area (Å²) in [6.07, 6.45) is 1.10. The van der Waals surface area contributed by atoms with Crippen LogP contribution >= 0.6 is 15.9 Å². The summed E-state index contributed by atoms with van der Waals surface area (Å²) in [6, 6.07) is 1.68. The molecule has 1 unspecified atom stereocenters. The van der Waals surface area contributed by atoms with Gasteiger partial charge in [-0.3, -0.25) is 9.69 Å². The van der Waals surface area contributed by atoms with Gasteiger partial charge in [0.05, 0.1) is 19.1 Å². The van der Waals surface area contributed by atoms with Crippen LogP contribution < -0.4 is 4.90 Å². The third-order valence-electron chi connectivity index (χ3n) is 1.95. The number of aliphatic hydroxyl groups excluding tert-OH is 1. The molecule has 0 aromatic carbocycles. The molecule has 1 aromatic heterocycles. The molecule has 0 saturated carbocycles. The van der Waals surface area contributed by atoms with E-state index < -0.39 is 6.10 Å². The molecular weight excluding hydrogens is 250 g/mol. The molecule has 0 spiro atoms. The van der Waals surface area contributed by atoms with Crippen molar-refractivity contribution < 1.29 is 9.90 Å². The number of β-amino-alcohol motifs (C(OH)–C–C–N with tert-alkyl or cyclic N) is 1. The first kappa shape index (κ1) is 9.54. The minimum absolute atomic E-state index is 0.143. The van der Waals surface area contributed by atoms with Crippen molar-refractivity contribution in [3.63, 3.8) is 0 Å². The Morgan fingerprint density at radius 1 is 1.64 bits per heavy atom. The van der Waals surface area contributed by atoms with Gasteiger partial charge < -0.3 is 5.11 Å². The molecule has 1 atom stereocenters. The molecule has 1 aliphatic heterocycles. The first-order valence-corrected chi connectivity index (χ1v) is 4.93. The van der Waals surface area contributed by atoms with Gasteiger partial charge in [0.1, 0.15) is 4.60 Å². The standard InChI is InChI=1S/C8H8BrN3O2/c9-6-1-2-10-8(11-6)12-4-5(13)3-7(12)14/h1-2,5,13H,3-4H2. The lowest BCUT2D eigenvalue weighted by atomic mass is 10.3. The van der Waals surface area contributed by atoms with E-state index in [0.717, 1.165) is 0 Å². The average molecular weight is 258 g/mol. The molecule has 14 heavy (non-hydrogen) atoms. The molecular formula is C8H8BrN3O2. The summed E-state index contributed by atoms with van der Waals surface area (Å²) in [5.74, 6) is 0.191. The number of nitrogens with zero attached hydrogens (tertiary/aromatic N) is 3. The van der Waals surface area contributed by atoms with E-state index in [2.05, 4.69) is 25.9 Å². The van der Waals surface area contributed by atoms with Crippen molar-refractivity contribution in [2.45, 2.75) is 12.5 Å². The third-order valence-corrected chi connectivity index (χ3v) is 2.40. The lowest BCUT2D eigenvalue weighted by molar-refractivity contribution is -0.117. The number of aliphatic hydroxyl groups is 1. The van der Waals surface area contributed by atoms with Crippen LogP contribution in [0.15, 0.2) is 16.9 Å². The predicted molar refractivity (Wildman–Crippen MR) is 52.7 cm³/mol. The van der Waals surface area contributed by atoms with Gasteiger partial charge in [-0.15, -0.1) is 0 Å². The van der Waals surface area contributed by atoms with Crippen molar-refractivity contribution >= 4 is 27.8 Å². The van der Waals surface area contributed by atoms with Crippen molar-refractivity contribution in [1.82, 2.24) is 9.97 Å². The van der Waals surface area contributed by atoms with Crippen LogP contribution in [0.1, 0.15) is 6.42 Å². The number of carbonyl (C=O) groups is 1. The Labute approximate surface area is 88.9 Å². The van der Waals surface area contributed by atoms with Gasteiger partial charge in [0.15, 0.2) is 0 Å². The normalized spacial score (nSPS) is 21.7. The van der Waals surface area contributed by atoms with E-state index in [4.69, 9.17) is 0 Å². The lowest BCUT2D eigenvalue weighted by Gasteiger charge is -2.12. The van der Waals surface area contributed by atoms with Crippen LogP contribution in [0.5, 0.6) is 0 Å². The Balaban J connectivity index is 2.27. The second kappa shape index (κ2) is 3.62. The summed E-state index contributed by atoms with van der Waals surface area (Å²) < 4.78 is 0.622. The lowest BCUT2D eigenvalue weighted by Crippen LogP contribution is -2.27. The number of hydrogen-bond acceptors (Lipinski definition) is 4. The van der Waals surface area contributed by atoms with Crippen LogP contribution in [0.2, 0.25) is 0 Å². The van der Waals surface area contributed by atoms with Crippen LogP contribution in [-0.4, -0.2) is 33.6 Å². The van der Waals surface area contributed by atoms with E-state index in [0.29, 0.717) is 10.6 Å². The maximum atomic E-state index is 11.4. The third kappa shape index (κ3) is 1.76. The van der Waals surface area contributed by atoms with Crippen molar-refractivity contribution in [3.8, 4) is 0 Å². The van der Waals surface area contributed by atoms with Crippen molar-refractivity contribution in [2.75, 3.05) is 11.4 Å².